The van der Waals surface area contributed by atoms with Crippen LogP contribution in [-0.2, 0) is 0 Å². The van der Waals surface area contributed by atoms with E-state index in [0.717, 1.165) is 4.90 Å². The zero-order chi connectivity index (χ0) is 13.4. The van der Waals surface area contributed by atoms with Crippen LogP contribution in [-0.4, -0.2) is 16.0 Å². The molecule has 0 bridgehead atoms. The number of nitrogens with zero attached hydrogens (tertiary/aromatic N) is 1. The number of carbonyl (C=O) groups excluding carboxylic acids is 1. The predicted octanol–water partition coefficient (Wildman–Crippen LogP) is 3.00. The lowest BCUT2D eigenvalue weighted by molar-refractivity contribution is -0.419. The van der Waals surface area contributed by atoms with Crippen molar-refractivity contribution in [2.75, 3.05) is 0 Å². The van der Waals surface area contributed by atoms with Gasteiger partial charge in [-0.15, -0.1) is 11.8 Å². The number of carbonyl (C=O) groups is 1. The summed E-state index contributed by atoms with van der Waals surface area (Å²) < 4.78 is 0. The number of hydrogen-bond acceptors (Lipinski definition) is 4. The van der Waals surface area contributed by atoms with E-state index in [1.54, 1.807) is 12.1 Å². The molecule has 0 amide bonds. The molecule has 1 atom stereocenters. The second-order valence-corrected chi connectivity index (χ2v) is 5.41. The van der Waals surface area contributed by atoms with Crippen LogP contribution >= 0.6 is 11.8 Å². The van der Waals surface area contributed by atoms with Gasteiger partial charge in [-0.25, -0.2) is 0 Å². The van der Waals surface area contributed by atoms with Gasteiger partial charge >= 0.3 is 0 Å². The lowest BCUT2D eigenvalue weighted by Crippen LogP contribution is -2.09. The molecule has 0 saturated heterocycles. The summed E-state index contributed by atoms with van der Waals surface area (Å²) >= 11 is 1.54. The molecule has 0 fully saturated rings. The van der Waals surface area contributed by atoms with E-state index in [4.69, 9.17) is 0 Å². The van der Waals surface area contributed by atoms with Gasteiger partial charge in [0.05, 0.1) is 10.2 Å². The van der Waals surface area contributed by atoms with Crippen molar-refractivity contribution >= 4 is 17.5 Å². The summed E-state index contributed by atoms with van der Waals surface area (Å²) in [5.74, 6) is -0.102. The third kappa shape index (κ3) is 2.13. The van der Waals surface area contributed by atoms with Crippen LogP contribution in [0.15, 0.2) is 64.7 Å². The molecular weight excluding hydrogens is 262 g/mol. The lowest BCUT2D eigenvalue weighted by Gasteiger charge is -2.14. The normalized spacial score (nSPS) is 20.8. The van der Waals surface area contributed by atoms with Crippen LogP contribution in [0, 0.1) is 10.1 Å². The van der Waals surface area contributed by atoms with Gasteiger partial charge in [0.2, 0.25) is 0 Å². The molecule has 4 nitrogen and oxygen atoms in total. The quantitative estimate of drug-likeness (QED) is 0.582. The Morgan fingerprint density at radius 2 is 2.00 bits per heavy atom. The van der Waals surface area contributed by atoms with Crippen LogP contribution in [0.3, 0.4) is 0 Å². The van der Waals surface area contributed by atoms with Crippen LogP contribution in [0.25, 0.3) is 0 Å². The zero-order valence-corrected chi connectivity index (χ0v) is 10.6. The van der Waals surface area contributed by atoms with Crippen LogP contribution in [0.4, 0.5) is 0 Å². The topological polar surface area (TPSA) is 60.2 Å². The first-order chi connectivity index (χ1) is 9.15. The van der Waals surface area contributed by atoms with Crippen LogP contribution < -0.4 is 0 Å². The maximum atomic E-state index is 12.1. The molecule has 1 aliphatic heterocycles. The standard InChI is InChI=1S/C14H9NO3S/c16-12-8-9-7-10(15(17)18)5-6-13(9)19-14-4-2-1-3-11(12)14/h1-8,13H. The molecule has 1 heterocycles. The Balaban J connectivity index is 2.07. The maximum Gasteiger partial charge on any atom is 0.269 e. The van der Waals surface area contributed by atoms with Gasteiger partial charge in [0.25, 0.3) is 5.70 Å². The van der Waals surface area contributed by atoms with Crippen molar-refractivity contribution in [1.29, 1.82) is 0 Å². The average Bonchev–Trinajstić information content (AvgIpc) is 2.54. The van der Waals surface area contributed by atoms with E-state index in [9.17, 15) is 14.9 Å². The van der Waals surface area contributed by atoms with Gasteiger partial charge in [-0.3, -0.25) is 14.9 Å². The molecular formula is C14H9NO3S. The average molecular weight is 271 g/mol. The van der Waals surface area contributed by atoms with E-state index in [0.29, 0.717) is 11.1 Å². The van der Waals surface area contributed by atoms with Crippen molar-refractivity contribution in [1.82, 2.24) is 0 Å². The number of hydrogen-bond donors (Lipinski definition) is 0. The summed E-state index contributed by atoms with van der Waals surface area (Å²) in [5, 5.41) is 10.7. The molecule has 5 heteroatoms. The minimum atomic E-state index is -0.444. The van der Waals surface area contributed by atoms with E-state index in [1.165, 1.54) is 30.0 Å². The molecule has 3 rings (SSSR count). The van der Waals surface area contributed by atoms with Gasteiger partial charge < -0.3 is 0 Å². The maximum absolute atomic E-state index is 12.1. The van der Waals surface area contributed by atoms with Gasteiger partial charge in [0.1, 0.15) is 0 Å². The van der Waals surface area contributed by atoms with Crippen molar-refractivity contribution in [3.8, 4) is 0 Å². The van der Waals surface area contributed by atoms with E-state index in [-0.39, 0.29) is 16.7 Å². The van der Waals surface area contributed by atoms with Gasteiger partial charge in [0, 0.05) is 22.6 Å². The molecule has 0 N–H and O–H groups in total. The monoisotopic (exact) mass is 271 g/mol. The third-order valence-electron chi connectivity index (χ3n) is 3.00. The fourth-order valence-corrected chi connectivity index (χ4v) is 3.24. The molecule has 0 saturated carbocycles. The molecule has 0 aromatic heterocycles. The van der Waals surface area contributed by atoms with Gasteiger partial charge in [0.15, 0.2) is 5.78 Å². The number of rotatable bonds is 1. The Morgan fingerprint density at radius 1 is 1.21 bits per heavy atom. The number of nitro groups is 1. The number of fused-ring (bicyclic) bond motifs is 2. The number of ketones is 1. The molecule has 0 radical (unpaired) electrons. The summed E-state index contributed by atoms with van der Waals surface area (Å²) in [7, 11) is 0. The molecule has 94 valence electrons. The highest BCUT2D eigenvalue weighted by molar-refractivity contribution is 8.00. The molecule has 19 heavy (non-hydrogen) atoms. The van der Waals surface area contributed by atoms with Crippen LogP contribution in [0.1, 0.15) is 10.4 Å². The SMILES string of the molecule is O=C1C=C2C=C([N+](=O)[O-])C=CC2Sc2ccccc21. The number of allylic oxidation sites excluding steroid dienone is 3. The van der Waals surface area contributed by atoms with E-state index in [2.05, 4.69) is 0 Å². The van der Waals surface area contributed by atoms with Crippen LogP contribution in [0.5, 0.6) is 0 Å². The fraction of sp³-hybridized carbons (Fsp3) is 0.0714. The summed E-state index contributed by atoms with van der Waals surface area (Å²) in [4.78, 5) is 23.4. The second-order valence-electron chi connectivity index (χ2n) is 4.23. The van der Waals surface area contributed by atoms with Crippen molar-refractivity contribution in [3.05, 3.63) is 75.5 Å². The van der Waals surface area contributed by atoms with E-state index >= 15 is 0 Å². The van der Waals surface area contributed by atoms with Gasteiger partial charge in [-0.05, 0) is 23.8 Å². The first-order valence-corrected chi connectivity index (χ1v) is 6.59. The van der Waals surface area contributed by atoms with Crippen LogP contribution in [0.2, 0.25) is 0 Å². The Kier molecular flexibility index (Phi) is 2.83. The molecule has 1 aliphatic carbocycles. The summed E-state index contributed by atoms with van der Waals surface area (Å²) in [6, 6.07) is 7.38. The molecule has 0 spiro atoms. The molecule has 2 aliphatic rings. The van der Waals surface area contributed by atoms with Crippen molar-refractivity contribution in [2.24, 2.45) is 0 Å². The minimum Gasteiger partial charge on any atom is -0.289 e. The van der Waals surface area contributed by atoms with Gasteiger partial charge in [-0.2, -0.15) is 0 Å². The van der Waals surface area contributed by atoms with E-state index < -0.39 is 4.92 Å². The van der Waals surface area contributed by atoms with Gasteiger partial charge in [-0.1, -0.05) is 18.2 Å². The summed E-state index contributed by atoms with van der Waals surface area (Å²) in [5.41, 5.74) is 1.35. The lowest BCUT2D eigenvalue weighted by atomic mass is 10.0. The minimum absolute atomic E-state index is 0.0156. The largest absolute Gasteiger partial charge is 0.289 e. The number of benzene rings is 1. The molecule has 1 unspecified atom stereocenters. The Morgan fingerprint density at radius 3 is 2.79 bits per heavy atom. The zero-order valence-electron chi connectivity index (χ0n) is 9.78. The first kappa shape index (κ1) is 11.9. The molecule has 1 aromatic carbocycles. The van der Waals surface area contributed by atoms with Crippen molar-refractivity contribution in [2.45, 2.75) is 10.1 Å². The third-order valence-corrected chi connectivity index (χ3v) is 4.29. The predicted molar refractivity (Wildman–Crippen MR) is 72.7 cm³/mol. The van der Waals surface area contributed by atoms with Crippen molar-refractivity contribution < 1.29 is 9.72 Å². The fourth-order valence-electron chi connectivity index (χ4n) is 2.08. The summed E-state index contributed by atoms with van der Waals surface area (Å²) in [6.45, 7) is 0. The van der Waals surface area contributed by atoms with E-state index in [1.807, 2.05) is 18.2 Å². The first-order valence-electron chi connectivity index (χ1n) is 5.71. The summed E-state index contributed by atoms with van der Waals surface area (Å²) in [6.07, 6.45) is 6.23. The number of thioether (sulfide) groups is 1. The molecule has 1 aromatic rings. The highest BCUT2D eigenvalue weighted by Gasteiger charge is 2.26. The Labute approximate surface area is 113 Å². The van der Waals surface area contributed by atoms with Crippen molar-refractivity contribution in [3.63, 3.8) is 0 Å². The second kappa shape index (κ2) is 4.51. The Bertz CT molecular complexity index is 673. The Hall–Kier alpha value is -2.14. The smallest absolute Gasteiger partial charge is 0.269 e. The highest BCUT2D eigenvalue weighted by atomic mass is 32.2. The highest BCUT2D eigenvalue weighted by Crippen LogP contribution is 2.37.